The van der Waals surface area contributed by atoms with Gasteiger partial charge in [0.15, 0.2) is 5.96 Å². The van der Waals surface area contributed by atoms with E-state index >= 15 is 0 Å². The van der Waals surface area contributed by atoms with E-state index in [1.165, 1.54) is 12.0 Å². The van der Waals surface area contributed by atoms with Gasteiger partial charge in [-0.15, -0.1) is 24.0 Å². The number of rotatable bonds is 7. The highest BCUT2D eigenvalue weighted by molar-refractivity contribution is 14.0. The Bertz CT molecular complexity index is 536. The van der Waals surface area contributed by atoms with Gasteiger partial charge in [0.1, 0.15) is 5.75 Å². The molecule has 1 aromatic carbocycles. The molecule has 0 aliphatic heterocycles. The number of likely N-dealkylation sites (N-methyl/N-ethyl adjacent to an activating group) is 1. The first-order valence-electron chi connectivity index (χ1n) is 8.40. The number of guanidine groups is 1. The lowest BCUT2D eigenvalue weighted by atomic mass is 10.1. The van der Waals surface area contributed by atoms with Crippen molar-refractivity contribution in [1.82, 2.24) is 15.5 Å². The number of methoxy groups -OCH3 is 1. The van der Waals surface area contributed by atoms with E-state index in [1.54, 1.807) is 7.11 Å². The van der Waals surface area contributed by atoms with Gasteiger partial charge in [-0.3, -0.25) is 4.99 Å². The van der Waals surface area contributed by atoms with Crippen molar-refractivity contribution in [2.24, 2.45) is 10.9 Å². The van der Waals surface area contributed by atoms with Crippen molar-refractivity contribution >= 4 is 29.9 Å². The van der Waals surface area contributed by atoms with Crippen LogP contribution in [0.4, 0.5) is 0 Å². The first kappa shape index (κ1) is 21.0. The second-order valence-corrected chi connectivity index (χ2v) is 6.44. The van der Waals surface area contributed by atoms with Crippen molar-refractivity contribution in [3.8, 4) is 5.75 Å². The SMILES string of the molecule is CCNC(=NCC(c1cccc(OC)c1)N(C)C)NC1CC1C.I. The summed E-state index contributed by atoms with van der Waals surface area (Å²) < 4.78 is 5.34. The van der Waals surface area contributed by atoms with Crippen LogP contribution in [0.5, 0.6) is 5.75 Å². The molecule has 0 bridgehead atoms. The summed E-state index contributed by atoms with van der Waals surface area (Å²) >= 11 is 0. The zero-order valence-corrected chi connectivity index (χ0v) is 17.7. The largest absolute Gasteiger partial charge is 0.497 e. The Hall–Kier alpha value is -1.02. The Kier molecular flexibility index (Phi) is 8.83. The molecule has 0 radical (unpaired) electrons. The highest BCUT2D eigenvalue weighted by atomic mass is 127. The number of aliphatic imine (C=N–C) groups is 1. The van der Waals surface area contributed by atoms with E-state index in [9.17, 15) is 0 Å². The standard InChI is InChI=1S/C18H30N4O.HI/c1-6-19-18(21-16-10-13(16)2)20-12-17(22(3)4)14-8-7-9-15(11-14)23-5;/h7-9,11,13,16-17H,6,10,12H2,1-5H3,(H2,19,20,21);1H. The normalized spacial score (nSPS) is 21.0. The number of ether oxygens (including phenoxy) is 1. The van der Waals surface area contributed by atoms with E-state index < -0.39 is 0 Å². The predicted molar refractivity (Wildman–Crippen MR) is 112 cm³/mol. The quantitative estimate of drug-likeness (QED) is 0.384. The summed E-state index contributed by atoms with van der Waals surface area (Å²) in [7, 11) is 5.87. The molecule has 5 nitrogen and oxygen atoms in total. The summed E-state index contributed by atoms with van der Waals surface area (Å²) in [5.74, 6) is 2.55. The van der Waals surface area contributed by atoms with Crippen molar-refractivity contribution in [3.05, 3.63) is 29.8 Å². The highest BCUT2D eigenvalue weighted by Crippen LogP contribution is 2.29. The number of nitrogens with one attached hydrogen (secondary N) is 2. The van der Waals surface area contributed by atoms with Crippen LogP contribution in [0, 0.1) is 5.92 Å². The molecule has 3 atom stereocenters. The topological polar surface area (TPSA) is 48.9 Å². The van der Waals surface area contributed by atoms with E-state index in [0.29, 0.717) is 12.6 Å². The average molecular weight is 446 g/mol. The number of nitrogens with zero attached hydrogens (tertiary/aromatic N) is 2. The Morgan fingerprint density at radius 1 is 1.42 bits per heavy atom. The Labute approximate surface area is 163 Å². The Morgan fingerprint density at radius 2 is 2.12 bits per heavy atom. The average Bonchev–Trinajstić information content (AvgIpc) is 3.22. The van der Waals surface area contributed by atoms with Crippen molar-refractivity contribution in [3.63, 3.8) is 0 Å². The molecule has 0 saturated heterocycles. The zero-order chi connectivity index (χ0) is 16.8. The number of hydrogen-bond acceptors (Lipinski definition) is 3. The first-order chi connectivity index (χ1) is 11.0. The molecule has 1 fully saturated rings. The number of hydrogen-bond donors (Lipinski definition) is 2. The Balaban J connectivity index is 0.00000288. The van der Waals surface area contributed by atoms with E-state index in [-0.39, 0.29) is 30.0 Å². The lowest BCUT2D eigenvalue weighted by Crippen LogP contribution is -2.39. The van der Waals surface area contributed by atoms with Gasteiger partial charge >= 0.3 is 0 Å². The van der Waals surface area contributed by atoms with E-state index in [0.717, 1.165) is 24.2 Å². The predicted octanol–water partition coefficient (Wildman–Crippen LogP) is 2.88. The molecule has 2 N–H and O–H groups in total. The minimum absolute atomic E-state index is 0. The fourth-order valence-electron chi connectivity index (χ4n) is 2.61. The van der Waals surface area contributed by atoms with Crippen LogP contribution in [0.2, 0.25) is 0 Å². The van der Waals surface area contributed by atoms with Crippen LogP contribution < -0.4 is 15.4 Å². The zero-order valence-electron chi connectivity index (χ0n) is 15.4. The summed E-state index contributed by atoms with van der Waals surface area (Å²) in [4.78, 5) is 6.99. The third kappa shape index (κ3) is 6.12. The molecule has 0 amide bonds. The molecule has 1 aromatic rings. The molecule has 1 aliphatic carbocycles. The second-order valence-electron chi connectivity index (χ2n) is 6.44. The third-order valence-corrected chi connectivity index (χ3v) is 4.30. The smallest absolute Gasteiger partial charge is 0.191 e. The van der Waals surface area contributed by atoms with Crippen molar-refractivity contribution < 1.29 is 4.74 Å². The molecular weight excluding hydrogens is 415 g/mol. The fourth-order valence-corrected chi connectivity index (χ4v) is 2.61. The van der Waals surface area contributed by atoms with Gasteiger partial charge in [0.25, 0.3) is 0 Å². The van der Waals surface area contributed by atoms with Gasteiger partial charge in [-0.25, -0.2) is 0 Å². The van der Waals surface area contributed by atoms with Crippen LogP contribution in [-0.4, -0.2) is 51.2 Å². The maximum Gasteiger partial charge on any atom is 0.191 e. The molecule has 0 spiro atoms. The van der Waals surface area contributed by atoms with Crippen LogP contribution in [-0.2, 0) is 0 Å². The van der Waals surface area contributed by atoms with Gasteiger partial charge in [0.05, 0.1) is 19.7 Å². The molecule has 1 aliphatic rings. The molecule has 2 rings (SSSR count). The lowest BCUT2D eigenvalue weighted by molar-refractivity contribution is 0.305. The summed E-state index contributed by atoms with van der Waals surface area (Å²) in [6.07, 6.45) is 1.23. The second kappa shape index (κ2) is 10.1. The van der Waals surface area contributed by atoms with Gasteiger partial charge in [0, 0.05) is 12.6 Å². The van der Waals surface area contributed by atoms with Crippen LogP contribution in [0.1, 0.15) is 31.9 Å². The molecule has 0 heterocycles. The van der Waals surface area contributed by atoms with Gasteiger partial charge in [-0.1, -0.05) is 19.1 Å². The van der Waals surface area contributed by atoms with E-state index in [2.05, 4.69) is 55.6 Å². The fraction of sp³-hybridized carbons (Fsp3) is 0.611. The summed E-state index contributed by atoms with van der Waals surface area (Å²) in [5, 5.41) is 6.84. The van der Waals surface area contributed by atoms with Gasteiger partial charge in [-0.2, -0.15) is 0 Å². The van der Waals surface area contributed by atoms with E-state index in [1.807, 2.05) is 12.1 Å². The maximum atomic E-state index is 5.34. The van der Waals surface area contributed by atoms with Crippen molar-refractivity contribution in [1.29, 1.82) is 0 Å². The lowest BCUT2D eigenvalue weighted by Gasteiger charge is -2.24. The molecule has 0 aromatic heterocycles. The minimum Gasteiger partial charge on any atom is -0.497 e. The van der Waals surface area contributed by atoms with Crippen LogP contribution >= 0.6 is 24.0 Å². The summed E-state index contributed by atoms with van der Waals surface area (Å²) in [6, 6.07) is 9.01. The van der Waals surface area contributed by atoms with Crippen LogP contribution in [0.25, 0.3) is 0 Å². The van der Waals surface area contributed by atoms with Gasteiger partial charge in [0.2, 0.25) is 0 Å². The number of benzene rings is 1. The molecule has 24 heavy (non-hydrogen) atoms. The third-order valence-electron chi connectivity index (χ3n) is 4.30. The maximum absolute atomic E-state index is 5.34. The summed E-state index contributed by atoms with van der Waals surface area (Å²) in [5.41, 5.74) is 1.22. The molecular formula is C18H31IN4O. The Morgan fingerprint density at radius 3 is 2.67 bits per heavy atom. The minimum atomic E-state index is 0. The van der Waals surface area contributed by atoms with Gasteiger partial charge in [-0.05, 0) is 51.1 Å². The number of halogens is 1. The molecule has 1 saturated carbocycles. The first-order valence-corrected chi connectivity index (χ1v) is 8.40. The highest BCUT2D eigenvalue weighted by Gasteiger charge is 2.33. The summed E-state index contributed by atoms with van der Waals surface area (Å²) in [6.45, 7) is 5.94. The van der Waals surface area contributed by atoms with Crippen LogP contribution in [0.15, 0.2) is 29.3 Å². The molecule has 136 valence electrons. The van der Waals surface area contributed by atoms with Crippen molar-refractivity contribution in [2.45, 2.75) is 32.4 Å². The monoisotopic (exact) mass is 446 g/mol. The van der Waals surface area contributed by atoms with Gasteiger partial charge < -0.3 is 20.3 Å². The van der Waals surface area contributed by atoms with Crippen LogP contribution in [0.3, 0.4) is 0 Å². The molecule has 3 unspecified atom stereocenters. The molecule has 6 heteroatoms. The van der Waals surface area contributed by atoms with E-state index in [4.69, 9.17) is 9.73 Å². The van der Waals surface area contributed by atoms with Crippen molar-refractivity contribution in [2.75, 3.05) is 34.3 Å².